The minimum atomic E-state index is -0.587. The van der Waals surface area contributed by atoms with Crippen LogP contribution in [-0.2, 0) is 14.3 Å². The van der Waals surface area contributed by atoms with E-state index in [9.17, 15) is 9.90 Å². The summed E-state index contributed by atoms with van der Waals surface area (Å²) in [6.45, 7) is 14.0. The topological polar surface area (TPSA) is 55.8 Å². The summed E-state index contributed by atoms with van der Waals surface area (Å²) in [4.78, 5) is 11.8. The predicted molar refractivity (Wildman–Crippen MR) is 120 cm³/mol. The monoisotopic (exact) mass is 430 g/mol. The minimum absolute atomic E-state index is 0.0136. The molecule has 1 N–H and O–H groups in total. The van der Waals surface area contributed by atoms with Gasteiger partial charge in [0.25, 0.3) is 6.29 Å². The van der Waals surface area contributed by atoms with Gasteiger partial charge in [0.15, 0.2) is 0 Å². The van der Waals surface area contributed by atoms with Crippen molar-refractivity contribution in [3.63, 3.8) is 0 Å². The van der Waals surface area contributed by atoms with Gasteiger partial charge in [0, 0.05) is 12.5 Å². The molecule has 174 valence electrons. The van der Waals surface area contributed by atoms with Crippen molar-refractivity contribution in [2.24, 2.45) is 45.3 Å². The van der Waals surface area contributed by atoms with Crippen LogP contribution in [0.3, 0.4) is 0 Å². The van der Waals surface area contributed by atoms with Crippen molar-refractivity contribution in [1.29, 1.82) is 0 Å². The number of aliphatic hydroxyl groups excluding tert-OH is 1. The first-order chi connectivity index (χ1) is 14.4. The molecule has 1 aliphatic heterocycles. The molecule has 4 nitrogen and oxygen atoms in total. The van der Waals surface area contributed by atoms with Crippen LogP contribution in [0.1, 0.15) is 92.9 Å². The van der Waals surface area contributed by atoms with E-state index in [0.717, 1.165) is 24.3 Å². The Morgan fingerprint density at radius 2 is 1.61 bits per heavy atom. The molecule has 31 heavy (non-hydrogen) atoms. The van der Waals surface area contributed by atoms with E-state index in [2.05, 4.69) is 34.6 Å². The number of aliphatic hydroxyl groups is 1. The molecular weight excluding hydrogens is 388 g/mol. The third-order valence-electron chi connectivity index (χ3n) is 11.2. The number of esters is 1. The van der Waals surface area contributed by atoms with Crippen molar-refractivity contribution in [3.05, 3.63) is 11.8 Å². The van der Waals surface area contributed by atoms with Crippen LogP contribution < -0.4 is 0 Å². The summed E-state index contributed by atoms with van der Waals surface area (Å²) in [6, 6.07) is 0. The van der Waals surface area contributed by atoms with E-state index in [1.807, 2.05) is 0 Å². The van der Waals surface area contributed by atoms with Gasteiger partial charge in [0.2, 0.25) is 0 Å². The lowest BCUT2D eigenvalue weighted by atomic mass is 9.35. The highest BCUT2D eigenvalue weighted by atomic mass is 16.7. The van der Waals surface area contributed by atoms with E-state index in [0.29, 0.717) is 22.7 Å². The molecular formula is C27H42O4. The molecule has 9 atom stereocenters. The van der Waals surface area contributed by atoms with E-state index >= 15 is 0 Å². The second kappa shape index (κ2) is 6.74. The molecule has 0 saturated heterocycles. The number of carbonyl (C=O) groups is 1. The smallest absolute Gasteiger partial charge is 0.305 e. The Bertz CT molecular complexity index is 801. The maximum Gasteiger partial charge on any atom is 0.305 e. The van der Waals surface area contributed by atoms with Crippen LogP contribution >= 0.6 is 0 Å². The van der Waals surface area contributed by atoms with E-state index in [-0.39, 0.29) is 22.7 Å². The third kappa shape index (κ3) is 2.85. The molecule has 0 aromatic heterocycles. The van der Waals surface area contributed by atoms with Gasteiger partial charge in [-0.3, -0.25) is 4.79 Å². The Morgan fingerprint density at radius 3 is 2.32 bits per heavy atom. The Kier molecular flexibility index (Phi) is 4.74. The minimum Gasteiger partial charge on any atom is -0.462 e. The van der Waals surface area contributed by atoms with Crippen molar-refractivity contribution in [2.45, 2.75) is 105 Å². The van der Waals surface area contributed by atoms with E-state index < -0.39 is 12.4 Å². The summed E-state index contributed by atoms with van der Waals surface area (Å²) >= 11 is 0. The predicted octanol–water partition coefficient (Wildman–Crippen LogP) is 5.84. The molecule has 4 heteroatoms. The standard InChI is InChI=1S/C27H42O4/c1-16(28)31-23-22-17(15-30-23)18(29)14-21-26(5)12-8-19-24(2,3)10-7-11-25(19,4)20(26)9-13-27(21,22)6/h15,18-23,29H,7-14H2,1-6H3. The van der Waals surface area contributed by atoms with Crippen LogP contribution in [0.15, 0.2) is 11.8 Å². The second-order valence-corrected chi connectivity index (χ2v) is 13.1. The van der Waals surface area contributed by atoms with Crippen molar-refractivity contribution < 1.29 is 19.4 Å². The normalized spacial score (nSPS) is 52.5. The van der Waals surface area contributed by atoms with Gasteiger partial charge in [0.05, 0.1) is 18.3 Å². The highest BCUT2D eigenvalue weighted by Crippen LogP contribution is 2.74. The maximum atomic E-state index is 11.8. The zero-order chi connectivity index (χ0) is 22.4. The molecule has 4 aliphatic carbocycles. The van der Waals surface area contributed by atoms with Crippen LogP contribution in [-0.4, -0.2) is 23.5 Å². The fraction of sp³-hybridized carbons (Fsp3) is 0.889. The molecule has 4 saturated carbocycles. The lowest BCUT2D eigenvalue weighted by molar-refractivity contribution is -0.230. The van der Waals surface area contributed by atoms with Gasteiger partial charge in [-0.25, -0.2) is 0 Å². The molecule has 0 amide bonds. The van der Waals surface area contributed by atoms with Crippen LogP contribution in [0.5, 0.6) is 0 Å². The summed E-state index contributed by atoms with van der Waals surface area (Å²) < 4.78 is 11.5. The molecule has 0 spiro atoms. The molecule has 0 aromatic rings. The number of hydrogen-bond donors (Lipinski definition) is 1. The zero-order valence-corrected chi connectivity index (χ0v) is 20.4. The van der Waals surface area contributed by atoms with Crippen LogP contribution in [0, 0.1) is 45.3 Å². The molecule has 9 unspecified atom stereocenters. The fourth-order valence-corrected chi connectivity index (χ4v) is 10.1. The molecule has 0 bridgehead atoms. The number of ether oxygens (including phenoxy) is 2. The Hall–Kier alpha value is -1.03. The van der Waals surface area contributed by atoms with Crippen LogP contribution in [0.4, 0.5) is 0 Å². The Labute approximate surface area is 188 Å². The molecule has 5 rings (SSSR count). The van der Waals surface area contributed by atoms with Gasteiger partial charge >= 0.3 is 5.97 Å². The first kappa shape index (κ1) is 21.8. The van der Waals surface area contributed by atoms with Gasteiger partial charge in [-0.2, -0.15) is 0 Å². The van der Waals surface area contributed by atoms with Gasteiger partial charge in [-0.15, -0.1) is 0 Å². The Balaban J connectivity index is 1.53. The van der Waals surface area contributed by atoms with Gasteiger partial charge in [0.1, 0.15) is 0 Å². The van der Waals surface area contributed by atoms with Gasteiger partial charge in [-0.05, 0) is 84.4 Å². The van der Waals surface area contributed by atoms with Crippen molar-refractivity contribution in [3.8, 4) is 0 Å². The van der Waals surface area contributed by atoms with Crippen molar-refractivity contribution in [1.82, 2.24) is 0 Å². The largest absolute Gasteiger partial charge is 0.462 e. The zero-order valence-electron chi connectivity index (χ0n) is 20.4. The maximum absolute atomic E-state index is 11.8. The van der Waals surface area contributed by atoms with E-state index in [1.54, 1.807) is 6.26 Å². The van der Waals surface area contributed by atoms with Gasteiger partial charge in [-0.1, -0.05) is 41.0 Å². The lowest BCUT2D eigenvalue weighted by Gasteiger charge is -2.70. The van der Waals surface area contributed by atoms with Crippen molar-refractivity contribution in [2.75, 3.05) is 0 Å². The lowest BCUT2D eigenvalue weighted by Crippen LogP contribution is -2.64. The first-order valence-electron chi connectivity index (χ1n) is 12.6. The fourth-order valence-electron chi connectivity index (χ4n) is 10.1. The third-order valence-corrected chi connectivity index (χ3v) is 11.2. The number of hydrogen-bond acceptors (Lipinski definition) is 4. The van der Waals surface area contributed by atoms with E-state index in [1.165, 1.54) is 45.4 Å². The van der Waals surface area contributed by atoms with Crippen LogP contribution in [0.25, 0.3) is 0 Å². The summed E-state index contributed by atoms with van der Waals surface area (Å²) in [7, 11) is 0. The Morgan fingerprint density at radius 1 is 0.968 bits per heavy atom. The average molecular weight is 431 g/mol. The summed E-state index contributed by atoms with van der Waals surface area (Å²) in [5.74, 6) is 1.57. The van der Waals surface area contributed by atoms with Gasteiger partial charge < -0.3 is 14.6 Å². The number of rotatable bonds is 1. The highest BCUT2D eigenvalue weighted by Gasteiger charge is 2.68. The highest BCUT2D eigenvalue weighted by molar-refractivity contribution is 5.66. The molecule has 0 radical (unpaired) electrons. The van der Waals surface area contributed by atoms with Crippen molar-refractivity contribution >= 4 is 5.97 Å². The SMILES string of the molecule is CC(=O)OC1OC=C2C(O)CC3C(C)(CCC4C5(C)CCCC(C)(C)C5CCC34C)C21. The first-order valence-corrected chi connectivity index (χ1v) is 12.6. The summed E-state index contributed by atoms with van der Waals surface area (Å²) in [5, 5.41) is 11.2. The molecule has 1 heterocycles. The number of carbonyl (C=O) groups excluding carboxylic acids is 1. The molecule has 4 fully saturated rings. The van der Waals surface area contributed by atoms with E-state index in [4.69, 9.17) is 9.47 Å². The number of fused-ring (bicyclic) bond motifs is 7. The summed E-state index contributed by atoms with van der Waals surface area (Å²) in [5.41, 5.74) is 1.96. The molecule has 5 aliphatic rings. The second-order valence-electron chi connectivity index (χ2n) is 13.1. The van der Waals surface area contributed by atoms with Crippen LogP contribution in [0.2, 0.25) is 0 Å². The average Bonchev–Trinajstić information content (AvgIpc) is 3.07. The summed E-state index contributed by atoms with van der Waals surface area (Å²) in [6.07, 6.45) is 10.4. The quantitative estimate of drug-likeness (QED) is 0.531. The molecule has 0 aromatic carbocycles.